The average molecular weight is 289 g/mol. The Morgan fingerprint density at radius 2 is 1.95 bits per heavy atom. The lowest BCUT2D eigenvalue weighted by Gasteiger charge is -2.08. The highest BCUT2D eigenvalue weighted by molar-refractivity contribution is 5.98. The van der Waals surface area contributed by atoms with Crippen LogP contribution in [0.5, 0.6) is 0 Å². The first kappa shape index (κ1) is 16.3. The molecular formula is C15H16FN3O2. The molecule has 1 aromatic heterocycles. The van der Waals surface area contributed by atoms with E-state index in [1.54, 1.807) is 37.3 Å². The van der Waals surface area contributed by atoms with Crippen molar-refractivity contribution < 1.29 is 14.0 Å². The second kappa shape index (κ2) is 7.74. The van der Waals surface area contributed by atoms with Gasteiger partial charge < -0.3 is 15.8 Å². The van der Waals surface area contributed by atoms with Crippen LogP contribution in [0.1, 0.15) is 21.6 Å². The molecule has 0 unspecified atom stereocenters. The number of rotatable bonds is 3. The molecule has 3 N–H and O–H groups in total. The van der Waals surface area contributed by atoms with Crippen LogP contribution in [0.15, 0.2) is 36.4 Å². The van der Waals surface area contributed by atoms with Crippen LogP contribution in [-0.4, -0.2) is 17.7 Å². The number of hydrogen-bond acceptors (Lipinski definition) is 4. The van der Waals surface area contributed by atoms with Crippen molar-refractivity contribution in [3.8, 4) is 0 Å². The van der Waals surface area contributed by atoms with Gasteiger partial charge in [-0.15, -0.1) is 0 Å². The lowest BCUT2D eigenvalue weighted by Crippen LogP contribution is -2.24. The van der Waals surface area contributed by atoms with Crippen LogP contribution in [0.2, 0.25) is 0 Å². The van der Waals surface area contributed by atoms with Crippen molar-refractivity contribution >= 4 is 18.5 Å². The molecule has 1 aromatic carbocycles. The number of carbonyl (C=O) groups excluding carboxylic acids is 2. The number of halogens is 1. The monoisotopic (exact) mass is 289 g/mol. The van der Waals surface area contributed by atoms with Gasteiger partial charge in [-0.25, -0.2) is 9.37 Å². The van der Waals surface area contributed by atoms with Gasteiger partial charge in [0, 0.05) is 17.8 Å². The molecule has 21 heavy (non-hydrogen) atoms. The number of nitrogens with one attached hydrogen (secondary N) is 1. The fraction of sp³-hybridized carbons (Fsp3) is 0.133. The number of nitrogen functional groups attached to an aromatic ring is 1. The number of aryl methyl sites for hydroxylation is 1. The van der Waals surface area contributed by atoms with Crippen LogP contribution in [0.4, 0.5) is 10.2 Å². The zero-order valence-electron chi connectivity index (χ0n) is 11.6. The third kappa shape index (κ3) is 4.38. The zero-order valence-corrected chi connectivity index (χ0v) is 11.6. The topological polar surface area (TPSA) is 85.1 Å². The van der Waals surface area contributed by atoms with Gasteiger partial charge in [-0.05, 0) is 25.1 Å². The van der Waals surface area contributed by atoms with Gasteiger partial charge in [-0.2, -0.15) is 0 Å². The fourth-order valence-corrected chi connectivity index (χ4v) is 1.68. The van der Waals surface area contributed by atoms with E-state index in [1.807, 2.05) is 6.79 Å². The summed E-state index contributed by atoms with van der Waals surface area (Å²) in [5.41, 5.74) is 7.13. The van der Waals surface area contributed by atoms with E-state index >= 15 is 0 Å². The quantitative estimate of drug-likeness (QED) is 0.903. The number of aromatic nitrogens is 1. The maximum Gasteiger partial charge on any atom is 0.255 e. The summed E-state index contributed by atoms with van der Waals surface area (Å²) in [6, 6.07) is 9.59. The Bertz CT molecular complexity index is 632. The average Bonchev–Trinajstić information content (AvgIpc) is 2.48. The molecule has 110 valence electrons. The molecule has 0 aliphatic rings. The van der Waals surface area contributed by atoms with Gasteiger partial charge in [0.15, 0.2) is 0 Å². The first-order valence-electron chi connectivity index (χ1n) is 6.11. The minimum Gasteiger partial charge on any atom is -0.383 e. The van der Waals surface area contributed by atoms with E-state index in [4.69, 9.17) is 10.5 Å². The predicted octanol–water partition coefficient (Wildman–Crippen LogP) is 1.86. The van der Waals surface area contributed by atoms with Crippen molar-refractivity contribution in [1.82, 2.24) is 10.3 Å². The molecule has 2 rings (SSSR count). The molecule has 0 saturated carbocycles. The van der Waals surface area contributed by atoms with E-state index in [2.05, 4.69) is 10.3 Å². The number of anilines is 1. The number of carbonyl (C=O) groups is 2. The van der Waals surface area contributed by atoms with Crippen molar-refractivity contribution in [3.05, 3.63) is 59.0 Å². The summed E-state index contributed by atoms with van der Waals surface area (Å²) in [6.45, 7) is 3.90. The minimum atomic E-state index is -0.367. The largest absolute Gasteiger partial charge is 0.383 e. The van der Waals surface area contributed by atoms with Crippen LogP contribution in [0.3, 0.4) is 0 Å². The SMILES string of the molecule is C=O.Cc1ccc(C(=O)NCc2ccccc2F)c(N)n1. The van der Waals surface area contributed by atoms with Crippen molar-refractivity contribution in [3.63, 3.8) is 0 Å². The Morgan fingerprint density at radius 1 is 1.29 bits per heavy atom. The van der Waals surface area contributed by atoms with E-state index in [0.29, 0.717) is 11.1 Å². The lowest BCUT2D eigenvalue weighted by atomic mass is 10.2. The van der Waals surface area contributed by atoms with E-state index in [0.717, 1.165) is 5.69 Å². The molecular weight excluding hydrogens is 273 g/mol. The second-order valence-corrected chi connectivity index (χ2v) is 4.16. The van der Waals surface area contributed by atoms with Gasteiger partial charge in [0.1, 0.15) is 18.4 Å². The van der Waals surface area contributed by atoms with Crippen molar-refractivity contribution in [1.29, 1.82) is 0 Å². The molecule has 6 heteroatoms. The summed E-state index contributed by atoms with van der Waals surface area (Å²) in [6.07, 6.45) is 0. The molecule has 0 aliphatic heterocycles. The van der Waals surface area contributed by atoms with Gasteiger partial charge in [0.05, 0.1) is 5.56 Å². The first-order chi connectivity index (χ1) is 10.1. The third-order valence-electron chi connectivity index (χ3n) is 2.71. The second-order valence-electron chi connectivity index (χ2n) is 4.16. The van der Waals surface area contributed by atoms with Crippen molar-refractivity contribution in [2.45, 2.75) is 13.5 Å². The van der Waals surface area contributed by atoms with Crippen LogP contribution < -0.4 is 11.1 Å². The Balaban J connectivity index is 0.00000106. The molecule has 0 fully saturated rings. The first-order valence-corrected chi connectivity index (χ1v) is 6.11. The van der Waals surface area contributed by atoms with E-state index in [1.165, 1.54) is 6.07 Å². The molecule has 0 spiro atoms. The highest BCUT2D eigenvalue weighted by Gasteiger charge is 2.11. The van der Waals surface area contributed by atoms with Gasteiger partial charge in [-0.3, -0.25) is 4.79 Å². The lowest BCUT2D eigenvalue weighted by molar-refractivity contribution is -0.0980. The highest BCUT2D eigenvalue weighted by Crippen LogP contribution is 2.10. The number of amides is 1. The Morgan fingerprint density at radius 3 is 2.57 bits per heavy atom. The van der Waals surface area contributed by atoms with E-state index in [9.17, 15) is 9.18 Å². The smallest absolute Gasteiger partial charge is 0.255 e. The summed E-state index contributed by atoms with van der Waals surface area (Å²) in [7, 11) is 0. The zero-order chi connectivity index (χ0) is 15.8. The van der Waals surface area contributed by atoms with Crippen molar-refractivity contribution in [2.24, 2.45) is 0 Å². The predicted molar refractivity (Wildman–Crippen MR) is 78.1 cm³/mol. The summed E-state index contributed by atoms with van der Waals surface area (Å²) < 4.78 is 13.4. The van der Waals surface area contributed by atoms with Crippen molar-refractivity contribution in [2.75, 3.05) is 5.73 Å². The number of benzene rings is 1. The number of nitrogens with zero attached hydrogens (tertiary/aromatic N) is 1. The fourth-order valence-electron chi connectivity index (χ4n) is 1.68. The van der Waals surface area contributed by atoms with E-state index < -0.39 is 0 Å². The molecule has 0 saturated heterocycles. The Kier molecular flexibility index (Phi) is 6.00. The maximum atomic E-state index is 13.4. The maximum absolute atomic E-state index is 13.4. The molecule has 0 aliphatic carbocycles. The molecule has 1 heterocycles. The molecule has 1 amide bonds. The third-order valence-corrected chi connectivity index (χ3v) is 2.71. The normalized spacial score (nSPS) is 9.43. The van der Waals surface area contributed by atoms with Gasteiger partial charge >= 0.3 is 0 Å². The number of nitrogens with two attached hydrogens (primary N) is 1. The molecule has 0 bridgehead atoms. The Hall–Kier alpha value is -2.76. The molecule has 0 atom stereocenters. The van der Waals surface area contributed by atoms with Crippen LogP contribution in [0, 0.1) is 12.7 Å². The molecule has 0 radical (unpaired) electrons. The van der Waals surface area contributed by atoms with Gasteiger partial charge in [0.25, 0.3) is 5.91 Å². The highest BCUT2D eigenvalue weighted by atomic mass is 19.1. The Labute approximate surface area is 122 Å². The standard InChI is InChI=1S/C14H14FN3O.CH2O/c1-9-6-7-11(13(16)18-9)14(19)17-8-10-4-2-3-5-12(10)15;1-2/h2-7H,8H2,1H3,(H2,16,18)(H,17,19);1H2. The summed E-state index contributed by atoms with van der Waals surface area (Å²) in [5, 5.41) is 2.62. The van der Waals surface area contributed by atoms with Crippen LogP contribution in [0.25, 0.3) is 0 Å². The number of hydrogen-bond donors (Lipinski definition) is 2. The minimum absolute atomic E-state index is 0.110. The van der Waals surface area contributed by atoms with Crippen LogP contribution in [-0.2, 0) is 11.3 Å². The number of pyridine rings is 1. The van der Waals surface area contributed by atoms with Crippen LogP contribution >= 0.6 is 0 Å². The summed E-state index contributed by atoms with van der Waals surface area (Å²) in [5.74, 6) is -0.544. The van der Waals surface area contributed by atoms with Gasteiger partial charge in [-0.1, -0.05) is 18.2 Å². The molecule has 5 nitrogen and oxygen atoms in total. The van der Waals surface area contributed by atoms with Gasteiger partial charge in [0.2, 0.25) is 0 Å². The van der Waals surface area contributed by atoms with E-state index in [-0.39, 0.29) is 24.1 Å². The summed E-state index contributed by atoms with van der Waals surface area (Å²) >= 11 is 0. The molecule has 2 aromatic rings. The summed E-state index contributed by atoms with van der Waals surface area (Å²) in [4.78, 5) is 23.9.